The van der Waals surface area contributed by atoms with Gasteiger partial charge in [-0.25, -0.2) is 14.7 Å². The van der Waals surface area contributed by atoms with Crippen LogP contribution in [0.4, 0.5) is 9.59 Å². The molecule has 2 aliphatic heterocycles. The van der Waals surface area contributed by atoms with Crippen molar-refractivity contribution in [1.82, 2.24) is 14.9 Å². The molecule has 0 saturated carbocycles. The van der Waals surface area contributed by atoms with Crippen molar-refractivity contribution in [3.63, 3.8) is 0 Å². The topological polar surface area (TPSA) is 106 Å². The van der Waals surface area contributed by atoms with Crippen molar-refractivity contribution in [3.8, 4) is 0 Å². The van der Waals surface area contributed by atoms with E-state index >= 15 is 0 Å². The second-order valence-electron chi connectivity index (χ2n) is 11.3. The average molecular weight is 602 g/mol. The summed E-state index contributed by atoms with van der Waals surface area (Å²) in [6.45, 7) is 20.3. The Bertz CT molecular complexity index is 756. The zero-order valence-electron chi connectivity index (χ0n) is 26.5. The second-order valence-corrected chi connectivity index (χ2v) is 11.3. The Morgan fingerprint density at radius 3 is 1.38 bits per heavy atom. The summed E-state index contributed by atoms with van der Waals surface area (Å²) in [7, 11) is 3.07. The molecule has 0 atom stereocenters. The van der Waals surface area contributed by atoms with E-state index in [0.717, 1.165) is 12.8 Å². The van der Waals surface area contributed by atoms with Gasteiger partial charge in [0.05, 0.1) is 7.11 Å². The number of hydroxylamine groups is 2. The molecule has 2 rings (SSSR count). The van der Waals surface area contributed by atoms with Gasteiger partial charge in [-0.05, 0) is 67.2 Å². The average Bonchev–Trinajstić information content (AvgIpc) is 2.87. The first-order valence-electron chi connectivity index (χ1n) is 13.6. The number of nitrogens with zero attached hydrogens (tertiary/aromatic N) is 3. The van der Waals surface area contributed by atoms with Crippen molar-refractivity contribution in [2.24, 2.45) is 11.8 Å². The van der Waals surface area contributed by atoms with Crippen LogP contribution in [0.15, 0.2) is 0 Å². The first kappa shape index (κ1) is 43.2. The summed E-state index contributed by atoms with van der Waals surface area (Å²) in [4.78, 5) is 55.3. The van der Waals surface area contributed by atoms with E-state index in [4.69, 9.17) is 14.3 Å². The molecular weight excluding hydrogens is 550 g/mol. The summed E-state index contributed by atoms with van der Waals surface area (Å²) in [5.74, 6) is 0.336. The maximum Gasteiger partial charge on any atom is 2.00 e. The first-order valence-corrected chi connectivity index (χ1v) is 13.6. The van der Waals surface area contributed by atoms with Gasteiger partial charge < -0.3 is 38.6 Å². The number of rotatable bonds is 4. The predicted molar refractivity (Wildman–Crippen MR) is 153 cm³/mol. The third-order valence-corrected chi connectivity index (χ3v) is 6.03. The number of carbonyl (C=O) groups is 4. The molecule has 10 nitrogen and oxygen atoms in total. The predicted octanol–water partition coefficient (Wildman–Crippen LogP) is 1.73. The third kappa shape index (κ3) is 16.8. The molecule has 0 aliphatic carbocycles. The van der Waals surface area contributed by atoms with Crippen molar-refractivity contribution in [3.05, 3.63) is 6.92 Å². The summed E-state index contributed by atoms with van der Waals surface area (Å²) in [6, 6.07) is 0. The van der Waals surface area contributed by atoms with Crippen LogP contribution in [-0.4, -0.2) is 113 Å². The minimum Gasteiger partial charge on any atom is -1.00 e. The smallest absolute Gasteiger partial charge is 1.00 e. The maximum absolute atomic E-state index is 11.9. The number of hydrogen-bond donors (Lipinski definition) is 0. The molecule has 3 amide bonds. The quantitative estimate of drug-likeness (QED) is 0.274. The zero-order valence-corrected chi connectivity index (χ0v) is 28.7. The molecule has 0 spiro atoms. The number of hydrogen-bond acceptors (Lipinski definition) is 7. The largest absolute Gasteiger partial charge is 2.00 e. The van der Waals surface area contributed by atoms with Crippen LogP contribution in [0.25, 0.3) is 0 Å². The number of ether oxygens (including phenoxy) is 2. The molecule has 0 aromatic carbocycles. The van der Waals surface area contributed by atoms with Gasteiger partial charge in [0.25, 0.3) is 0 Å². The van der Waals surface area contributed by atoms with E-state index in [1.165, 1.54) is 12.2 Å². The molecule has 2 heterocycles. The molecule has 0 aromatic heterocycles. The number of carbonyl (C=O) groups excluding carboxylic acids is 4. The standard InChI is InChI=1S/C13H24N2O4.C13H23NO3.C2H5.ClH.Mg/c1-13(2,3)19-12(17)15-8-6-10(7-9-15)11(16)14(4)18-5;1-5-11(15)10-6-8-14(9-7-10)12(16)17-13(2,3)4;1-2;;/h10H,6-9H2,1-5H3;10H,5-9H2,1-4H3;1H2,2H3;1H;/q;;-1;;+2/p-1. The van der Waals surface area contributed by atoms with Gasteiger partial charge in [-0.2, -0.15) is 6.92 Å². The molecule has 2 saturated heterocycles. The second kappa shape index (κ2) is 20.6. The van der Waals surface area contributed by atoms with Crippen molar-refractivity contribution >= 4 is 46.9 Å². The van der Waals surface area contributed by atoms with Crippen LogP contribution >= 0.6 is 0 Å². The number of Topliss-reactive ketones (excluding diaryl/α,β-unsaturated/α-hetero) is 1. The van der Waals surface area contributed by atoms with Gasteiger partial charge in [0, 0.05) is 51.5 Å². The van der Waals surface area contributed by atoms with Crippen LogP contribution in [0.2, 0.25) is 0 Å². The fourth-order valence-electron chi connectivity index (χ4n) is 3.98. The van der Waals surface area contributed by atoms with Gasteiger partial charge in [0.1, 0.15) is 17.0 Å². The molecule has 230 valence electrons. The molecule has 2 fully saturated rings. The van der Waals surface area contributed by atoms with Crippen LogP contribution in [0, 0.1) is 18.8 Å². The minimum atomic E-state index is -0.486. The number of likely N-dealkylation sites (tertiary alicyclic amines) is 2. The molecule has 0 unspecified atom stereocenters. The molecule has 0 bridgehead atoms. The molecular formula is C28H52ClMgN3O7. The summed E-state index contributed by atoms with van der Waals surface area (Å²) < 4.78 is 10.6. The van der Waals surface area contributed by atoms with Crippen LogP contribution in [0.3, 0.4) is 0 Å². The SMILES string of the molecule is CCC(=O)C1CCN(C(=O)OC(C)(C)C)CC1.CON(C)C(=O)C1CCN(C(=O)OC(C)(C)C)CC1.[CH2-]C.[Cl-].[Mg+2]. The Morgan fingerprint density at radius 1 is 0.775 bits per heavy atom. The summed E-state index contributed by atoms with van der Waals surface area (Å²) >= 11 is 0. The van der Waals surface area contributed by atoms with Gasteiger partial charge in [-0.3, -0.25) is 14.4 Å². The fourth-order valence-corrected chi connectivity index (χ4v) is 3.98. The Kier molecular flexibility index (Phi) is 22.2. The molecule has 40 heavy (non-hydrogen) atoms. The number of piperidine rings is 2. The molecule has 0 N–H and O–H groups in total. The fraction of sp³-hybridized carbons (Fsp3) is 0.821. The first-order chi connectivity index (χ1) is 17.6. The van der Waals surface area contributed by atoms with E-state index in [1.54, 1.807) is 23.8 Å². The number of halogens is 1. The van der Waals surface area contributed by atoms with Gasteiger partial charge in [0.2, 0.25) is 5.91 Å². The maximum atomic E-state index is 11.9. The molecule has 12 heteroatoms. The molecule has 2 aliphatic rings. The van der Waals surface area contributed by atoms with Gasteiger partial charge in [-0.1, -0.05) is 6.92 Å². The monoisotopic (exact) mass is 601 g/mol. The van der Waals surface area contributed by atoms with Crippen molar-refractivity contribution in [2.45, 2.75) is 98.7 Å². The van der Waals surface area contributed by atoms with E-state index < -0.39 is 11.2 Å². The Morgan fingerprint density at radius 2 is 1.10 bits per heavy atom. The summed E-state index contributed by atoms with van der Waals surface area (Å²) in [5, 5.41) is 1.24. The van der Waals surface area contributed by atoms with Crippen molar-refractivity contribution in [2.75, 3.05) is 40.3 Å². The molecule has 0 radical (unpaired) electrons. The minimum absolute atomic E-state index is 0. The van der Waals surface area contributed by atoms with Crippen molar-refractivity contribution < 1.29 is 45.9 Å². The zero-order chi connectivity index (χ0) is 29.7. The van der Waals surface area contributed by atoms with Crippen LogP contribution in [0.5, 0.6) is 0 Å². The number of ketones is 1. The summed E-state index contributed by atoms with van der Waals surface area (Å²) in [5.41, 5.74) is -0.937. The van der Waals surface area contributed by atoms with E-state index in [-0.39, 0.29) is 65.4 Å². The van der Waals surface area contributed by atoms with Crippen LogP contribution < -0.4 is 12.4 Å². The van der Waals surface area contributed by atoms with Gasteiger partial charge >= 0.3 is 35.2 Å². The van der Waals surface area contributed by atoms with E-state index in [0.29, 0.717) is 51.2 Å². The third-order valence-electron chi connectivity index (χ3n) is 6.03. The number of amides is 3. The summed E-state index contributed by atoms with van der Waals surface area (Å²) in [6.07, 6.45) is 2.85. The van der Waals surface area contributed by atoms with Gasteiger partial charge in [-0.15, -0.1) is 0 Å². The normalized spacial score (nSPS) is 16.0. The van der Waals surface area contributed by atoms with Gasteiger partial charge in [0.15, 0.2) is 0 Å². The van der Waals surface area contributed by atoms with Crippen LogP contribution in [-0.2, 0) is 23.9 Å². The molecule has 0 aromatic rings. The van der Waals surface area contributed by atoms with Crippen molar-refractivity contribution in [1.29, 1.82) is 0 Å². The Hall–Kier alpha value is -1.30. The van der Waals surface area contributed by atoms with E-state index in [2.05, 4.69) is 6.92 Å². The van der Waals surface area contributed by atoms with E-state index in [9.17, 15) is 19.2 Å². The van der Waals surface area contributed by atoms with E-state index in [1.807, 2.05) is 48.5 Å². The van der Waals surface area contributed by atoms with Crippen LogP contribution in [0.1, 0.15) is 87.5 Å². The Balaban J connectivity index is -0.000000618. The Labute approximate surface area is 264 Å².